The number of nitrogens with one attached hydrogen (secondary N) is 1. The molecule has 15 heavy (non-hydrogen) atoms. The van der Waals surface area contributed by atoms with Gasteiger partial charge < -0.3 is 15.3 Å². The van der Waals surface area contributed by atoms with Crippen LogP contribution in [-0.4, -0.2) is 42.7 Å². The first-order valence-electron chi connectivity index (χ1n) is 5.45. The molecule has 1 heterocycles. The number of hydrogen-bond acceptors (Lipinski definition) is 3. The fourth-order valence-electron chi connectivity index (χ4n) is 1.79. The van der Waals surface area contributed by atoms with E-state index in [1.807, 2.05) is 18.2 Å². The van der Waals surface area contributed by atoms with Gasteiger partial charge in [0.15, 0.2) is 0 Å². The minimum atomic E-state index is 0.414. The van der Waals surface area contributed by atoms with Crippen LogP contribution in [0.5, 0.6) is 5.75 Å². The summed E-state index contributed by atoms with van der Waals surface area (Å²) < 4.78 is 0. The van der Waals surface area contributed by atoms with E-state index in [1.165, 1.54) is 0 Å². The predicted octanol–water partition coefficient (Wildman–Crippen LogP) is 0.838. The summed E-state index contributed by atoms with van der Waals surface area (Å²) in [6.07, 6.45) is 0.916. The van der Waals surface area contributed by atoms with Gasteiger partial charge in [0.05, 0.1) is 0 Å². The van der Waals surface area contributed by atoms with Crippen molar-refractivity contribution in [3.63, 3.8) is 0 Å². The van der Waals surface area contributed by atoms with Crippen LogP contribution in [0.2, 0.25) is 0 Å². The van der Waals surface area contributed by atoms with Crippen molar-refractivity contribution in [3.05, 3.63) is 29.8 Å². The molecule has 0 radical (unpaired) electrons. The molecule has 2 rings (SSSR count). The van der Waals surface area contributed by atoms with Crippen LogP contribution in [0.1, 0.15) is 5.56 Å². The Hall–Kier alpha value is -1.06. The van der Waals surface area contributed by atoms with Crippen molar-refractivity contribution < 1.29 is 5.11 Å². The lowest BCUT2D eigenvalue weighted by atomic mass is 10.1. The summed E-state index contributed by atoms with van der Waals surface area (Å²) in [5.41, 5.74) is 1.04. The van der Waals surface area contributed by atoms with Crippen molar-refractivity contribution in [1.29, 1.82) is 0 Å². The van der Waals surface area contributed by atoms with Gasteiger partial charge in [-0.3, -0.25) is 0 Å². The van der Waals surface area contributed by atoms with Crippen LogP contribution < -0.4 is 5.32 Å². The molecule has 1 aromatic carbocycles. The molecule has 1 fully saturated rings. The molecular weight excluding hydrogens is 188 g/mol. The third kappa shape index (κ3) is 2.49. The second kappa shape index (κ2) is 4.64. The summed E-state index contributed by atoms with van der Waals surface area (Å²) in [6, 6.07) is 8.25. The maximum atomic E-state index is 9.60. The molecule has 0 spiro atoms. The van der Waals surface area contributed by atoms with Crippen LogP contribution in [0, 0.1) is 0 Å². The Morgan fingerprint density at radius 3 is 2.73 bits per heavy atom. The quantitative estimate of drug-likeness (QED) is 0.766. The lowest BCUT2D eigenvalue weighted by molar-refractivity contribution is 0.182. The molecule has 2 N–H and O–H groups in total. The highest BCUT2D eigenvalue weighted by atomic mass is 16.3. The van der Waals surface area contributed by atoms with Gasteiger partial charge in [0, 0.05) is 25.7 Å². The standard InChI is InChI=1S/C12H18N2O/c1-14(11-8-13-9-11)7-6-10-4-2-3-5-12(10)15/h2-5,11,13,15H,6-9H2,1H3. The minimum absolute atomic E-state index is 0.414. The van der Waals surface area contributed by atoms with Gasteiger partial charge in [-0.15, -0.1) is 0 Å². The number of para-hydroxylation sites is 1. The lowest BCUT2D eigenvalue weighted by Crippen LogP contribution is -2.56. The summed E-state index contributed by atoms with van der Waals surface area (Å²) in [7, 11) is 2.14. The first kappa shape index (κ1) is 10.5. The van der Waals surface area contributed by atoms with Crippen LogP contribution in [0.3, 0.4) is 0 Å². The number of phenolic OH excluding ortho intramolecular Hbond substituents is 1. The molecule has 0 unspecified atom stereocenters. The van der Waals surface area contributed by atoms with Crippen LogP contribution in [0.25, 0.3) is 0 Å². The molecule has 0 saturated carbocycles. The van der Waals surface area contributed by atoms with Gasteiger partial charge in [0.1, 0.15) is 5.75 Å². The Kier molecular flexibility index (Phi) is 3.23. The van der Waals surface area contributed by atoms with Gasteiger partial charge in [0.2, 0.25) is 0 Å². The molecule has 0 amide bonds. The summed E-state index contributed by atoms with van der Waals surface area (Å²) in [4.78, 5) is 2.35. The van der Waals surface area contributed by atoms with E-state index in [0.29, 0.717) is 11.8 Å². The van der Waals surface area contributed by atoms with Crippen molar-refractivity contribution in [2.75, 3.05) is 26.7 Å². The smallest absolute Gasteiger partial charge is 0.118 e. The monoisotopic (exact) mass is 206 g/mol. The van der Waals surface area contributed by atoms with E-state index in [0.717, 1.165) is 31.6 Å². The predicted molar refractivity (Wildman–Crippen MR) is 61.1 cm³/mol. The molecule has 1 aliphatic rings. The number of likely N-dealkylation sites (N-methyl/N-ethyl adjacent to an activating group) is 1. The third-order valence-electron chi connectivity index (χ3n) is 3.11. The maximum absolute atomic E-state index is 9.60. The largest absolute Gasteiger partial charge is 0.508 e. The fraction of sp³-hybridized carbons (Fsp3) is 0.500. The number of hydrogen-bond donors (Lipinski definition) is 2. The molecule has 0 aromatic heterocycles. The zero-order valence-corrected chi connectivity index (χ0v) is 9.11. The molecule has 1 aromatic rings. The highest BCUT2D eigenvalue weighted by Crippen LogP contribution is 2.16. The Labute approximate surface area is 90.7 Å². The van der Waals surface area contributed by atoms with Gasteiger partial charge in [0.25, 0.3) is 0 Å². The van der Waals surface area contributed by atoms with Gasteiger partial charge in [-0.25, -0.2) is 0 Å². The molecule has 1 aliphatic heterocycles. The molecule has 0 aliphatic carbocycles. The third-order valence-corrected chi connectivity index (χ3v) is 3.11. The summed E-state index contributed by atoms with van der Waals surface area (Å²) in [5.74, 6) is 0.414. The molecular formula is C12H18N2O. The van der Waals surface area contributed by atoms with Crippen molar-refractivity contribution in [3.8, 4) is 5.75 Å². The highest BCUT2D eigenvalue weighted by molar-refractivity contribution is 5.31. The Bertz CT molecular complexity index is 323. The topological polar surface area (TPSA) is 35.5 Å². The van der Waals surface area contributed by atoms with E-state index in [9.17, 15) is 5.11 Å². The molecule has 0 atom stereocenters. The number of rotatable bonds is 4. The van der Waals surface area contributed by atoms with Crippen molar-refractivity contribution in [2.45, 2.75) is 12.5 Å². The van der Waals surface area contributed by atoms with E-state index in [1.54, 1.807) is 6.07 Å². The Morgan fingerprint density at radius 1 is 1.40 bits per heavy atom. The molecule has 1 saturated heterocycles. The number of benzene rings is 1. The van der Waals surface area contributed by atoms with Crippen LogP contribution in [0.4, 0.5) is 0 Å². The van der Waals surface area contributed by atoms with Gasteiger partial charge in [-0.05, 0) is 25.1 Å². The van der Waals surface area contributed by atoms with Crippen molar-refractivity contribution in [2.24, 2.45) is 0 Å². The van der Waals surface area contributed by atoms with E-state index >= 15 is 0 Å². The number of aromatic hydroxyl groups is 1. The van der Waals surface area contributed by atoms with Gasteiger partial charge in [-0.1, -0.05) is 18.2 Å². The van der Waals surface area contributed by atoms with E-state index in [2.05, 4.69) is 17.3 Å². The average molecular weight is 206 g/mol. The van der Waals surface area contributed by atoms with E-state index in [-0.39, 0.29) is 0 Å². The minimum Gasteiger partial charge on any atom is -0.508 e. The average Bonchev–Trinajstić information content (AvgIpc) is 2.14. The molecule has 3 heteroatoms. The molecule has 0 bridgehead atoms. The summed E-state index contributed by atoms with van der Waals surface area (Å²) >= 11 is 0. The first-order chi connectivity index (χ1) is 7.27. The summed E-state index contributed by atoms with van der Waals surface area (Å²) in [6.45, 7) is 3.19. The zero-order valence-electron chi connectivity index (χ0n) is 9.11. The molecule has 82 valence electrons. The SMILES string of the molecule is CN(CCc1ccccc1O)C1CNC1. The van der Waals surface area contributed by atoms with Gasteiger partial charge in [-0.2, -0.15) is 0 Å². The maximum Gasteiger partial charge on any atom is 0.118 e. The second-order valence-corrected chi connectivity index (χ2v) is 4.17. The van der Waals surface area contributed by atoms with E-state index in [4.69, 9.17) is 0 Å². The number of phenols is 1. The lowest BCUT2D eigenvalue weighted by Gasteiger charge is -2.35. The second-order valence-electron chi connectivity index (χ2n) is 4.17. The van der Waals surface area contributed by atoms with E-state index < -0.39 is 0 Å². The zero-order chi connectivity index (χ0) is 10.7. The van der Waals surface area contributed by atoms with Gasteiger partial charge >= 0.3 is 0 Å². The Morgan fingerprint density at radius 2 is 2.13 bits per heavy atom. The van der Waals surface area contributed by atoms with Crippen molar-refractivity contribution in [1.82, 2.24) is 10.2 Å². The number of nitrogens with zero attached hydrogens (tertiary/aromatic N) is 1. The summed E-state index contributed by atoms with van der Waals surface area (Å²) in [5, 5.41) is 12.9. The Balaban J connectivity index is 1.84. The normalized spacial score (nSPS) is 16.7. The van der Waals surface area contributed by atoms with Crippen LogP contribution in [0.15, 0.2) is 24.3 Å². The van der Waals surface area contributed by atoms with Crippen LogP contribution in [-0.2, 0) is 6.42 Å². The van der Waals surface area contributed by atoms with Crippen LogP contribution >= 0.6 is 0 Å². The highest BCUT2D eigenvalue weighted by Gasteiger charge is 2.20. The first-order valence-corrected chi connectivity index (χ1v) is 5.45. The fourth-order valence-corrected chi connectivity index (χ4v) is 1.79. The molecule has 3 nitrogen and oxygen atoms in total. The van der Waals surface area contributed by atoms with Crippen molar-refractivity contribution >= 4 is 0 Å².